The van der Waals surface area contributed by atoms with Gasteiger partial charge in [-0.05, 0) is 12.7 Å². The molecule has 0 saturated carbocycles. The lowest BCUT2D eigenvalue weighted by Gasteiger charge is -2.18. The van der Waals surface area contributed by atoms with Gasteiger partial charge in [0.2, 0.25) is 0 Å². The lowest BCUT2D eigenvalue weighted by molar-refractivity contribution is -0.403. The molecule has 0 aliphatic heterocycles. The standard InChI is InChI=1S/C8H16N2O2S/c1-4-5-6-9(2)8(13-3)7-10(11)12/h7H,4-6H2,1-3H3/b8-7-. The van der Waals surface area contributed by atoms with Gasteiger partial charge in [-0.15, -0.1) is 11.8 Å². The van der Waals surface area contributed by atoms with Crippen molar-refractivity contribution in [1.82, 2.24) is 4.90 Å². The maximum Gasteiger partial charge on any atom is 0.264 e. The van der Waals surface area contributed by atoms with Crippen LogP contribution in [-0.2, 0) is 0 Å². The quantitative estimate of drug-likeness (QED) is 0.491. The monoisotopic (exact) mass is 204 g/mol. The van der Waals surface area contributed by atoms with Crippen molar-refractivity contribution in [3.8, 4) is 0 Å². The maximum absolute atomic E-state index is 10.2. The van der Waals surface area contributed by atoms with Crippen LogP contribution >= 0.6 is 11.8 Å². The molecule has 0 aromatic carbocycles. The summed E-state index contributed by atoms with van der Waals surface area (Å²) in [5, 5.41) is 10.9. The average molecular weight is 204 g/mol. The minimum Gasteiger partial charge on any atom is -0.364 e. The molecule has 4 nitrogen and oxygen atoms in total. The Balaban J connectivity index is 4.14. The Kier molecular flexibility index (Phi) is 6.40. The van der Waals surface area contributed by atoms with Crippen LogP contribution in [0, 0.1) is 10.1 Å². The summed E-state index contributed by atoms with van der Waals surface area (Å²) in [6.45, 7) is 2.97. The van der Waals surface area contributed by atoms with Crippen molar-refractivity contribution in [3.05, 3.63) is 21.3 Å². The summed E-state index contributed by atoms with van der Waals surface area (Å²) in [5.41, 5.74) is 0. The van der Waals surface area contributed by atoms with Crippen LogP contribution < -0.4 is 0 Å². The number of rotatable bonds is 6. The van der Waals surface area contributed by atoms with Gasteiger partial charge < -0.3 is 4.90 Å². The number of nitro groups is 1. The van der Waals surface area contributed by atoms with Crippen molar-refractivity contribution in [2.45, 2.75) is 19.8 Å². The molecule has 0 aromatic heterocycles. The van der Waals surface area contributed by atoms with Crippen LogP contribution in [0.15, 0.2) is 11.2 Å². The summed E-state index contributed by atoms with van der Waals surface area (Å²) in [5.74, 6) is 0. The first-order chi connectivity index (χ1) is 6.11. The van der Waals surface area contributed by atoms with Gasteiger partial charge in [0.1, 0.15) is 5.03 Å². The summed E-state index contributed by atoms with van der Waals surface area (Å²) >= 11 is 1.40. The fourth-order valence-corrected chi connectivity index (χ4v) is 1.50. The van der Waals surface area contributed by atoms with E-state index in [0.29, 0.717) is 5.03 Å². The van der Waals surface area contributed by atoms with Crippen LogP contribution in [0.5, 0.6) is 0 Å². The molecule has 76 valence electrons. The van der Waals surface area contributed by atoms with Gasteiger partial charge in [-0.3, -0.25) is 10.1 Å². The van der Waals surface area contributed by atoms with E-state index in [1.165, 1.54) is 11.8 Å². The van der Waals surface area contributed by atoms with Gasteiger partial charge in [-0.25, -0.2) is 0 Å². The maximum atomic E-state index is 10.2. The highest BCUT2D eigenvalue weighted by molar-refractivity contribution is 8.02. The van der Waals surface area contributed by atoms with Crippen molar-refractivity contribution in [2.24, 2.45) is 0 Å². The minimum absolute atomic E-state index is 0.408. The molecular weight excluding hydrogens is 188 g/mol. The first-order valence-electron chi connectivity index (χ1n) is 4.22. The van der Waals surface area contributed by atoms with Gasteiger partial charge in [-0.2, -0.15) is 0 Å². The van der Waals surface area contributed by atoms with E-state index in [2.05, 4.69) is 6.92 Å². The van der Waals surface area contributed by atoms with Gasteiger partial charge in [-0.1, -0.05) is 13.3 Å². The molecule has 0 N–H and O–H groups in total. The summed E-state index contributed by atoms with van der Waals surface area (Å²) in [6.07, 6.45) is 5.06. The van der Waals surface area contributed by atoms with Crippen LogP contribution in [0.3, 0.4) is 0 Å². The topological polar surface area (TPSA) is 46.4 Å². The van der Waals surface area contributed by atoms with Crippen LogP contribution in [0.25, 0.3) is 0 Å². The molecule has 0 rings (SSSR count). The lowest BCUT2D eigenvalue weighted by Crippen LogP contribution is -2.17. The molecule has 0 amide bonds. The SMILES string of the molecule is CCCCN(C)/C(=C/[N+](=O)[O-])SC. The van der Waals surface area contributed by atoms with Gasteiger partial charge in [0.15, 0.2) is 0 Å². The largest absolute Gasteiger partial charge is 0.364 e. The number of hydrogen-bond acceptors (Lipinski definition) is 4. The molecule has 0 heterocycles. The molecule has 0 atom stereocenters. The summed E-state index contributed by atoms with van der Waals surface area (Å²) < 4.78 is 0. The van der Waals surface area contributed by atoms with E-state index in [1.54, 1.807) is 0 Å². The Bertz CT molecular complexity index is 195. The Labute approximate surface area is 83.1 Å². The predicted octanol–water partition coefficient (Wildman–Crippen LogP) is 2.16. The highest BCUT2D eigenvalue weighted by Crippen LogP contribution is 2.15. The van der Waals surface area contributed by atoms with Gasteiger partial charge in [0.25, 0.3) is 6.20 Å². The molecule has 0 bridgehead atoms. The summed E-state index contributed by atoms with van der Waals surface area (Å²) in [4.78, 5) is 11.7. The first kappa shape index (κ1) is 12.3. The zero-order valence-electron chi connectivity index (χ0n) is 8.32. The van der Waals surface area contributed by atoms with Crippen molar-refractivity contribution in [3.63, 3.8) is 0 Å². The average Bonchev–Trinajstić information content (AvgIpc) is 2.09. The van der Waals surface area contributed by atoms with E-state index in [1.807, 2.05) is 18.2 Å². The molecule has 0 fully saturated rings. The smallest absolute Gasteiger partial charge is 0.264 e. The Morgan fingerprint density at radius 1 is 1.69 bits per heavy atom. The predicted molar refractivity (Wildman–Crippen MR) is 56.1 cm³/mol. The zero-order chi connectivity index (χ0) is 10.3. The zero-order valence-corrected chi connectivity index (χ0v) is 9.13. The molecular formula is C8H16N2O2S. The Hall–Kier alpha value is -0.710. The highest BCUT2D eigenvalue weighted by atomic mass is 32.2. The third-order valence-electron chi connectivity index (χ3n) is 1.65. The third kappa shape index (κ3) is 5.52. The molecule has 0 radical (unpaired) electrons. The summed E-state index contributed by atoms with van der Waals surface area (Å²) in [7, 11) is 1.88. The normalized spacial score (nSPS) is 11.5. The second-order valence-corrected chi connectivity index (χ2v) is 3.56. The molecule has 0 unspecified atom stereocenters. The minimum atomic E-state index is -0.408. The van der Waals surface area contributed by atoms with Crippen molar-refractivity contribution in [1.29, 1.82) is 0 Å². The van der Waals surface area contributed by atoms with E-state index >= 15 is 0 Å². The van der Waals surface area contributed by atoms with E-state index in [4.69, 9.17) is 0 Å². The molecule has 0 saturated heterocycles. The van der Waals surface area contributed by atoms with Crippen molar-refractivity contribution >= 4 is 11.8 Å². The second kappa shape index (κ2) is 6.77. The van der Waals surface area contributed by atoms with Gasteiger partial charge >= 0.3 is 0 Å². The van der Waals surface area contributed by atoms with E-state index in [-0.39, 0.29) is 0 Å². The number of hydrogen-bond donors (Lipinski definition) is 0. The fraction of sp³-hybridized carbons (Fsp3) is 0.750. The summed E-state index contributed by atoms with van der Waals surface area (Å²) in [6, 6.07) is 0. The Morgan fingerprint density at radius 2 is 2.31 bits per heavy atom. The van der Waals surface area contributed by atoms with E-state index in [0.717, 1.165) is 25.6 Å². The van der Waals surface area contributed by atoms with Crippen molar-refractivity contribution < 1.29 is 4.92 Å². The molecule has 0 aliphatic carbocycles. The number of nitrogens with zero attached hydrogens (tertiary/aromatic N) is 2. The van der Waals surface area contributed by atoms with E-state index < -0.39 is 4.92 Å². The van der Waals surface area contributed by atoms with Gasteiger partial charge in [0.05, 0.1) is 4.92 Å². The van der Waals surface area contributed by atoms with Crippen molar-refractivity contribution in [2.75, 3.05) is 19.8 Å². The first-order valence-corrected chi connectivity index (χ1v) is 5.44. The fourth-order valence-electron chi connectivity index (χ4n) is 0.903. The van der Waals surface area contributed by atoms with Crippen LogP contribution in [0.4, 0.5) is 0 Å². The highest BCUT2D eigenvalue weighted by Gasteiger charge is 2.06. The number of thioether (sulfide) groups is 1. The van der Waals surface area contributed by atoms with Crippen LogP contribution in [0.2, 0.25) is 0 Å². The molecule has 13 heavy (non-hydrogen) atoms. The number of unbranched alkanes of at least 4 members (excludes halogenated alkanes) is 1. The van der Waals surface area contributed by atoms with Crippen LogP contribution in [-0.4, -0.2) is 29.7 Å². The lowest BCUT2D eigenvalue weighted by atomic mass is 10.3. The van der Waals surface area contributed by atoms with Crippen LogP contribution in [0.1, 0.15) is 19.8 Å². The third-order valence-corrected chi connectivity index (χ3v) is 2.48. The van der Waals surface area contributed by atoms with E-state index in [9.17, 15) is 10.1 Å². The molecule has 0 aliphatic rings. The second-order valence-electron chi connectivity index (χ2n) is 2.73. The molecule has 5 heteroatoms. The molecule has 0 spiro atoms. The Morgan fingerprint density at radius 3 is 2.69 bits per heavy atom. The van der Waals surface area contributed by atoms with Gasteiger partial charge in [0, 0.05) is 13.6 Å². The molecule has 0 aromatic rings.